The van der Waals surface area contributed by atoms with Crippen LogP contribution in [0.1, 0.15) is 71.6 Å². The van der Waals surface area contributed by atoms with E-state index in [1.807, 2.05) is 4.90 Å². The fourth-order valence-electron chi connectivity index (χ4n) is 7.74. The number of hydrogen-bond acceptors (Lipinski definition) is 10. The summed E-state index contributed by atoms with van der Waals surface area (Å²) in [5.74, 6) is 1.72. The molecule has 0 aromatic carbocycles. The Hall–Kier alpha value is -1.41. The topological polar surface area (TPSA) is 102 Å². The number of nitrogens with zero attached hydrogens (tertiary/aromatic N) is 3. The van der Waals surface area contributed by atoms with Crippen molar-refractivity contribution >= 4 is 5.91 Å². The summed E-state index contributed by atoms with van der Waals surface area (Å²) >= 11 is 0. The number of rotatable bonds is 25. The molecule has 0 saturated carbocycles. The van der Waals surface area contributed by atoms with E-state index in [9.17, 15) is 9.90 Å². The number of likely N-dealkylation sites (tertiary alicyclic amines) is 3. The molecule has 0 spiro atoms. The van der Waals surface area contributed by atoms with Crippen molar-refractivity contribution in [2.45, 2.75) is 83.9 Å². The molecule has 11 nitrogen and oxygen atoms in total. The van der Waals surface area contributed by atoms with Gasteiger partial charge in [-0.2, -0.15) is 0 Å². The predicted octanol–water partition coefficient (Wildman–Crippen LogP) is 4.14. The van der Waals surface area contributed by atoms with Crippen LogP contribution < -0.4 is 0 Å². The molecule has 50 heavy (non-hydrogen) atoms. The molecule has 3 aliphatic heterocycles. The van der Waals surface area contributed by atoms with Gasteiger partial charge in [0.2, 0.25) is 5.91 Å². The first-order chi connectivity index (χ1) is 24.6. The molecule has 1 N–H and O–H groups in total. The van der Waals surface area contributed by atoms with Crippen molar-refractivity contribution in [2.24, 2.45) is 17.8 Å². The Bertz CT molecular complexity index is 967. The van der Waals surface area contributed by atoms with Gasteiger partial charge in [-0.1, -0.05) is 44.1 Å². The van der Waals surface area contributed by atoms with E-state index >= 15 is 0 Å². The highest BCUT2D eigenvalue weighted by Gasteiger charge is 2.36. The van der Waals surface area contributed by atoms with Crippen LogP contribution in [-0.2, 0) is 33.2 Å². The van der Waals surface area contributed by atoms with Gasteiger partial charge in [0.15, 0.2) is 0 Å². The van der Waals surface area contributed by atoms with Gasteiger partial charge in [-0.05, 0) is 69.9 Å². The molecule has 1 amide bonds. The average Bonchev–Trinajstić information content (AvgIpc) is 3.15. The Kier molecular flexibility index (Phi) is 20.5. The fourth-order valence-corrected chi connectivity index (χ4v) is 7.74. The van der Waals surface area contributed by atoms with Crippen LogP contribution in [-0.4, -0.2) is 157 Å². The van der Waals surface area contributed by atoms with E-state index in [4.69, 9.17) is 28.4 Å². The van der Waals surface area contributed by atoms with Crippen LogP contribution in [0.25, 0.3) is 0 Å². The summed E-state index contributed by atoms with van der Waals surface area (Å²) in [6.45, 7) is 16.6. The monoisotopic (exact) mass is 708 g/mol. The zero-order valence-corrected chi connectivity index (χ0v) is 31.4. The summed E-state index contributed by atoms with van der Waals surface area (Å²) in [7, 11) is 0. The average molecular weight is 708 g/mol. The molecule has 3 saturated heterocycles. The molecule has 0 radical (unpaired) electrons. The van der Waals surface area contributed by atoms with E-state index in [-0.39, 0.29) is 12.1 Å². The number of fused-ring (bicyclic) bond motifs is 1. The molecular formula is C39H69N3O8. The first kappa shape index (κ1) is 41.3. The van der Waals surface area contributed by atoms with E-state index in [0.29, 0.717) is 103 Å². The van der Waals surface area contributed by atoms with Gasteiger partial charge in [-0.25, -0.2) is 0 Å². The molecule has 1 aliphatic carbocycles. The third-order valence-electron chi connectivity index (χ3n) is 10.6. The molecule has 4 rings (SSSR count). The van der Waals surface area contributed by atoms with Gasteiger partial charge in [0.25, 0.3) is 0 Å². The van der Waals surface area contributed by atoms with E-state index in [2.05, 4.69) is 41.9 Å². The molecule has 3 heterocycles. The van der Waals surface area contributed by atoms with E-state index < -0.39 is 0 Å². The predicted molar refractivity (Wildman–Crippen MR) is 195 cm³/mol. The number of piperidine rings is 3. The van der Waals surface area contributed by atoms with Gasteiger partial charge in [-0.15, -0.1) is 0 Å². The van der Waals surface area contributed by atoms with Gasteiger partial charge in [-0.3, -0.25) is 9.69 Å². The molecule has 3 atom stereocenters. The van der Waals surface area contributed by atoms with Crippen molar-refractivity contribution in [3.63, 3.8) is 0 Å². The molecule has 0 aromatic heterocycles. The quantitative estimate of drug-likeness (QED) is 0.139. The van der Waals surface area contributed by atoms with Crippen molar-refractivity contribution in [2.75, 3.05) is 119 Å². The Morgan fingerprint density at radius 3 is 1.82 bits per heavy atom. The normalized spacial score (nSPS) is 23.3. The van der Waals surface area contributed by atoms with Gasteiger partial charge in [0.1, 0.15) is 6.23 Å². The summed E-state index contributed by atoms with van der Waals surface area (Å²) in [6, 6.07) is 0.537. The van der Waals surface area contributed by atoms with Crippen LogP contribution in [0.2, 0.25) is 0 Å². The van der Waals surface area contributed by atoms with Crippen LogP contribution in [0, 0.1) is 17.8 Å². The summed E-state index contributed by atoms with van der Waals surface area (Å²) in [5.41, 5.74) is 1.50. The minimum atomic E-state index is -0.330. The van der Waals surface area contributed by atoms with Gasteiger partial charge < -0.3 is 43.3 Å². The second-order valence-electron chi connectivity index (χ2n) is 14.3. The maximum atomic E-state index is 12.8. The van der Waals surface area contributed by atoms with Gasteiger partial charge in [0, 0.05) is 44.7 Å². The van der Waals surface area contributed by atoms with Crippen LogP contribution in [0.15, 0.2) is 23.8 Å². The molecule has 3 unspecified atom stereocenters. The third kappa shape index (κ3) is 14.9. The fraction of sp³-hybridized carbons (Fsp3) is 0.872. The minimum absolute atomic E-state index is 0.183. The maximum Gasteiger partial charge on any atom is 0.224 e. The molecule has 4 aliphatic rings. The number of aliphatic hydroxyl groups excluding tert-OH is 1. The Balaban J connectivity index is 0.939. The highest BCUT2D eigenvalue weighted by molar-refractivity contribution is 5.76. The van der Waals surface area contributed by atoms with Crippen molar-refractivity contribution in [3.8, 4) is 0 Å². The first-order valence-electron chi connectivity index (χ1n) is 19.9. The number of hydrogen-bond donors (Lipinski definition) is 1. The highest BCUT2D eigenvalue weighted by atomic mass is 16.6. The van der Waals surface area contributed by atoms with E-state index in [1.54, 1.807) is 0 Å². The van der Waals surface area contributed by atoms with Crippen LogP contribution >= 0.6 is 0 Å². The van der Waals surface area contributed by atoms with Crippen LogP contribution in [0.4, 0.5) is 0 Å². The standard InChI is InChI=1S/C39H69N3O8/c1-3-5-33-6-7-36-32-42(16-10-35(36)31-33)39(44)34-8-14-40(15-9-34)37-11-17-41(18-12-37)38(43)13-20-46-22-24-48-26-28-50-30-29-49-27-25-47-23-21-45-19-4-2/h6-7,31,34-37,39,44H,3-5,8-30,32H2,1-2H3. The van der Waals surface area contributed by atoms with Crippen molar-refractivity contribution < 1.29 is 38.3 Å². The maximum absolute atomic E-state index is 12.8. The lowest BCUT2D eigenvalue weighted by Gasteiger charge is -2.46. The van der Waals surface area contributed by atoms with Crippen molar-refractivity contribution in [3.05, 3.63) is 23.8 Å². The second kappa shape index (κ2) is 24.8. The summed E-state index contributed by atoms with van der Waals surface area (Å²) in [6.07, 6.45) is 16.0. The lowest BCUT2D eigenvalue weighted by Crippen LogP contribution is -2.53. The number of carbonyl (C=O) groups is 1. The first-order valence-corrected chi connectivity index (χ1v) is 19.9. The molecule has 288 valence electrons. The lowest BCUT2D eigenvalue weighted by molar-refractivity contribution is -0.134. The Labute approximate surface area is 302 Å². The number of allylic oxidation sites excluding steroid dienone is 3. The third-order valence-corrected chi connectivity index (χ3v) is 10.6. The van der Waals surface area contributed by atoms with Crippen LogP contribution in [0.3, 0.4) is 0 Å². The highest BCUT2D eigenvalue weighted by Crippen LogP contribution is 2.35. The smallest absolute Gasteiger partial charge is 0.224 e. The number of carbonyl (C=O) groups excluding carboxylic acids is 1. The molecule has 3 fully saturated rings. The SMILES string of the molecule is CCCOCCOCCOCCOCCOCCOCCC(=O)N1CCC(N2CCC(C(O)N3CCC4C=C(CCC)C=CC4C3)CC2)CC1. The van der Waals surface area contributed by atoms with Crippen LogP contribution in [0.5, 0.6) is 0 Å². The number of aliphatic hydroxyl groups is 1. The Morgan fingerprint density at radius 2 is 1.26 bits per heavy atom. The summed E-state index contributed by atoms with van der Waals surface area (Å²) in [5, 5.41) is 11.3. The summed E-state index contributed by atoms with van der Waals surface area (Å²) in [4.78, 5) is 19.8. The summed E-state index contributed by atoms with van der Waals surface area (Å²) < 4.78 is 33.0. The zero-order chi connectivity index (χ0) is 35.2. The largest absolute Gasteiger partial charge is 0.379 e. The van der Waals surface area contributed by atoms with Crippen molar-refractivity contribution in [1.29, 1.82) is 0 Å². The van der Waals surface area contributed by atoms with Crippen molar-refractivity contribution in [1.82, 2.24) is 14.7 Å². The second-order valence-corrected chi connectivity index (χ2v) is 14.3. The number of amides is 1. The number of ether oxygens (including phenoxy) is 6. The Morgan fingerprint density at radius 1 is 0.700 bits per heavy atom. The zero-order valence-electron chi connectivity index (χ0n) is 31.4. The van der Waals surface area contributed by atoms with Gasteiger partial charge in [0.05, 0.1) is 79.1 Å². The minimum Gasteiger partial charge on any atom is -0.379 e. The molecular weight excluding hydrogens is 638 g/mol. The van der Waals surface area contributed by atoms with E-state index in [0.717, 1.165) is 84.4 Å². The lowest BCUT2D eigenvalue weighted by atomic mass is 9.79. The molecule has 0 aromatic rings. The van der Waals surface area contributed by atoms with E-state index in [1.165, 1.54) is 18.4 Å². The van der Waals surface area contributed by atoms with Gasteiger partial charge >= 0.3 is 0 Å². The molecule has 11 heteroatoms. The molecule has 0 bridgehead atoms.